The maximum absolute atomic E-state index is 5.55. The third-order valence-electron chi connectivity index (χ3n) is 2.16. The summed E-state index contributed by atoms with van der Waals surface area (Å²) < 4.78 is 0. The largest absolute Gasteiger partial charge is 0.330 e. The molecule has 0 saturated heterocycles. The minimum atomic E-state index is 0.652. The quantitative estimate of drug-likeness (QED) is 0.738. The van der Waals surface area contributed by atoms with E-state index in [0.29, 0.717) is 12.5 Å². The second kappa shape index (κ2) is 4.42. The molecule has 0 atom stereocenters. The molecule has 0 aliphatic rings. The molecule has 1 aromatic rings. The molecule has 1 rings (SSSR count). The van der Waals surface area contributed by atoms with Crippen LogP contribution >= 0.6 is 0 Å². The second-order valence-electron chi connectivity index (χ2n) is 3.91. The number of nitrogens with two attached hydrogens (primary N) is 1. The van der Waals surface area contributed by atoms with Gasteiger partial charge in [-0.1, -0.05) is 13.8 Å². The highest BCUT2D eigenvalue weighted by atomic mass is 15.1. The van der Waals surface area contributed by atoms with E-state index < -0.39 is 0 Å². The lowest BCUT2D eigenvalue weighted by Gasteiger charge is -2.04. The Kier molecular flexibility index (Phi) is 3.48. The third kappa shape index (κ3) is 2.56. The van der Waals surface area contributed by atoms with Crippen molar-refractivity contribution in [1.29, 1.82) is 0 Å². The van der Waals surface area contributed by atoms with Gasteiger partial charge in [0, 0.05) is 5.69 Å². The van der Waals surface area contributed by atoms with Gasteiger partial charge in [0.15, 0.2) is 0 Å². The van der Waals surface area contributed by atoms with Crippen LogP contribution < -0.4 is 5.73 Å². The summed E-state index contributed by atoms with van der Waals surface area (Å²) in [7, 11) is 0. The van der Waals surface area contributed by atoms with Gasteiger partial charge < -0.3 is 5.73 Å². The number of hydrogen-bond acceptors (Lipinski definition) is 2. The smallest absolute Gasteiger partial charge is 0.0659 e. The van der Waals surface area contributed by atoms with Crippen LogP contribution in [0.4, 0.5) is 0 Å². The molecule has 1 aromatic heterocycles. The van der Waals surface area contributed by atoms with E-state index in [-0.39, 0.29) is 0 Å². The molecule has 0 radical (unpaired) electrons. The Bertz CT molecular complexity index is 263. The monoisotopic (exact) mass is 181 g/mol. The maximum atomic E-state index is 5.55. The number of nitrogens with zero attached hydrogens (tertiary/aromatic N) is 1. The van der Waals surface area contributed by atoms with Gasteiger partial charge >= 0.3 is 0 Å². The molecule has 0 bridgehead atoms. The fourth-order valence-electron chi connectivity index (χ4n) is 1.53. The van der Waals surface area contributed by atoms with E-state index in [1.807, 2.05) is 0 Å². The topological polar surface area (TPSA) is 54.7 Å². The number of hydrogen-bond donors (Lipinski definition) is 2. The van der Waals surface area contributed by atoms with E-state index in [4.69, 9.17) is 5.73 Å². The molecule has 1 heterocycles. The standard InChI is InChI=1S/C10H19N3/c1-7(2)6-10-9(4-5-11)8(3)12-13-10/h7H,4-6,11H2,1-3H3,(H,12,13). The van der Waals surface area contributed by atoms with E-state index >= 15 is 0 Å². The Morgan fingerprint density at radius 2 is 2.15 bits per heavy atom. The molecule has 3 N–H and O–H groups in total. The summed E-state index contributed by atoms with van der Waals surface area (Å²) in [5.41, 5.74) is 9.22. The summed E-state index contributed by atoms with van der Waals surface area (Å²) in [6, 6.07) is 0. The fraction of sp³-hybridized carbons (Fsp3) is 0.700. The van der Waals surface area contributed by atoms with Gasteiger partial charge in [-0.2, -0.15) is 5.10 Å². The number of nitrogens with one attached hydrogen (secondary N) is 1. The molecular weight excluding hydrogens is 162 g/mol. The van der Waals surface area contributed by atoms with E-state index in [1.54, 1.807) is 0 Å². The van der Waals surface area contributed by atoms with Crippen LogP contribution in [0.15, 0.2) is 0 Å². The molecule has 0 fully saturated rings. The average molecular weight is 181 g/mol. The van der Waals surface area contributed by atoms with Gasteiger partial charge in [-0.15, -0.1) is 0 Å². The third-order valence-corrected chi connectivity index (χ3v) is 2.16. The zero-order chi connectivity index (χ0) is 9.84. The molecule has 3 heteroatoms. The molecule has 13 heavy (non-hydrogen) atoms. The van der Waals surface area contributed by atoms with Crippen LogP contribution in [-0.2, 0) is 12.8 Å². The van der Waals surface area contributed by atoms with Gasteiger partial charge in [-0.3, -0.25) is 5.10 Å². The van der Waals surface area contributed by atoms with Crippen molar-refractivity contribution in [2.24, 2.45) is 11.7 Å². The Hall–Kier alpha value is -0.830. The molecule has 74 valence electrons. The van der Waals surface area contributed by atoms with Crippen molar-refractivity contribution in [2.75, 3.05) is 6.54 Å². The Balaban J connectivity index is 2.80. The minimum Gasteiger partial charge on any atom is -0.330 e. The molecule has 0 saturated carbocycles. The van der Waals surface area contributed by atoms with E-state index in [2.05, 4.69) is 31.0 Å². The van der Waals surface area contributed by atoms with Crippen molar-refractivity contribution in [3.63, 3.8) is 0 Å². The van der Waals surface area contributed by atoms with Gasteiger partial charge in [0.05, 0.1) is 5.69 Å². The van der Waals surface area contributed by atoms with Gasteiger partial charge in [0.25, 0.3) is 0 Å². The first-order chi connectivity index (χ1) is 6.15. The summed E-state index contributed by atoms with van der Waals surface area (Å²) in [4.78, 5) is 0. The van der Waals surface area contributed by atoms with Gasteiger partial charge in [0.2, 0.25) is 0 Å². The van der Waals surface area contributed by atoms with E-state index in [9.17, 15) is 0 Å². The summed E-state index contributed by atoms with van der Waals surface area (Å²) in [6.07, 6.45) is 1.98. The molecule has 0 aromatic carbocycles. The van der Waals surface area contributed by atoms with Gasteiger partial charge in [0.1, 0.15) is 0 Å². The Labute approximate surface area is 79.7 Å². The SMILES string of the molecule is Cc1[nH]nc(CC(C)C)c1CCN. The molecule has 3 nitrogen and oxygen atoms in total. The number of aromatic nitrogens is 2. The normalized spacial score (nSPS) is 11.2. The van der Waals surface area contributed by atoms with Gasteiger partial charge in [-0.25, -0.2) is 0 Å². The summed E-state index contributed by atoms with van der Waals surface area (Å²) in [6.45, 7) is 7.17. The summed E-state index contributed by atoms with van der Waals surface area (Å²) in [5, 5.41) is 7.32. The number of aryl methyl sites for hydroxylation is 1. The van der Waals surface area contributed by atoms with E-state index in [1.165, 1.54) is 17.0 Å². The second-order valence-corrected chi connectivity index (χ2v) is 3.91. The zero-order valence-corrected chi connectivity index (χ0v) is 8.72. The lowest BCUT2D eigenvalue weighted by Crippen LogP contribution is -2.06. The average Bonchev–Trinajstić information content (AvgIpc) is 2.35. The first-order valence-corrected chi connectivity index (χ1v) is 4.88. The highest BCUT2D eigenvalue weighted by molar-refractivity contribution is 5.25. The lowest BCUT2D eigenvalue weighted by molar-refractivity contribution is 0.629. The Morgan fingerprint density at radius 3 is 2.69 bits per heavy atom. The first kappa shape index (κ1) is 10.3. The Morgan fingerprint density at radius 1 is 1.46 bits per heavy atom. The molecule has 0 aliphatic heterocycles. The highest BCUT2D eigenvalue weighted by Gasteiger charge is 2.10. The minimum absolute atomic E-state index is 0.652. The number of rotatable bonds is 4. The van der Waals surface area contributed by atoms with Crippen LogP contribution in [0, 0.1) is 12.8 Å². The first-order valence-electron chi connectivity index (χ1n) is 4.88. The molecule has 0 aliphatic carbocycles. The van der Waals surface area contributed by atoms with Crippen LogP contribution in [0.2, 0.25) is 0 Å². The van der Waals surface area contributed by atoms with Crippen molar-refractivity contribution in [3.05, 3.63) is 17.0 Å². The zero-order valence-electron chi connectivity index (χ0n) is 8.72. The molecule has 0 unspecified atom stereocenters. The molecular formula is C10H19N3. The van der Waals surface area contributed by atoms with Crippen molar-refractivity contribution in [3.8, 4) is 0 Å². The lowest BCUT2D eigenvalue weighted by atomic mass is 10.0. The maximum Gasteiger partial charge on any atom is 0.0659 e. The van der Waals surface area contributed by atoms with Crippen molar-refractivity contribution in [1.82, 2.24) is 10.2 Å². The van der Waals surface area contributed by atoms with Crippen molar-refractivity contribution >= 4 is 0 Å². The molecule has 0 spiro atoms. The summed E-state index contributed by atoms with van der Waals surface area (Å²) >= 11 is 0. The number of aromatic amines is 1. The van der Waals surface area contributed by atoms with Crippen LogP contribution in [0.5, 0.6) is 0 Å². The number of H-pyrrole nitrogens is 1. The predicted molar refractivity (Wildman–Crippen MR) is 54.6 cm³/mol. The molecule has 0 amide bonds. The van der Waals surface area contributed by atoms with Gasteiger partial charge in [-0.05, 0) is 37.8 Å². The van der Waals surface area contributed by atoms with E-state index in [0.717, 1.165) is 12.8 Å². The predicted octanol–water partition coefficient (Wildman–Crippen LogP) is 1.42. The van der Waals surface area contributed by atoms with Crippen LogP contribution in [0.3, 0.4) is 0 Å². The fourth-order valence-corrected chi connectivity index (χ4v) is 1.53. The van der Waals surface area contributed by atoms with Crippen LogP contribution in [-0.4, -0.2) is 16.7 Å². The van der Waals surface area contributed by atoms with Crippen LogP contribution in [0.1, 0.15) is 30.8 Å². The van der Waals surface area contributed by atoms with Crippen molar-refractivity contribution < 1.29 is 0 Å². The van der Waals surface area contributed by atoms with Crippen molar-refractivity contribution in [2.45, 2.75) is 33.6 Å². The highest BCUT2D eigenvalue weighted by Crippen LogP contribution is 2.14. The summed E-state index contributed by atoms with van der Waals surface area (Å²) in [5.74, 6) is 0.652. The van der Waals surface area contributed by atoms with Crippen LogP contribution in [0.25, 0.3) is 0 Å².